The van der Waals surface area contributed by atoms with Crippen molar-refractivity contribution in [3.05, 3.63) is 88.5 Å². The summed E-state index contributed by atoms with van der Waals surface area (Å²) in [7, 11) is 0. The highest BCUT2D eigenvalue weighted by molar-refractivity contribution is 6.30. The van der Waals surface area contributed by atoms with Crippen molar-refractivity contribution in [3.63, 3.8) is 0 Å². The molecule has 0 bridgehead atoms. The smallest absolute Gasteiger partial charge is 0.290 e. The average molecular weight is 409 g/mol. The van der Waals surface area contributed by atoms with Gasteiger partial charge in [-0.25, -0.2) is 4.98 Å². The largest absolute Gasteiger partial charge is 0.350 e. The number of hydrogen-bond acceptors (Lipinski definition) is 3. The maximum Gasteiger partial charge on any atom is 0.290 e. The van der Waals surface area contributed by atoms with Crippen LogP contribution >= 0.6 is 11.6 Å². The number of halogens is 1. The summed E-state index contributed by atoms with van der Waals surface area (Å²) in [6, 6.07) is 17.4. The molecule has 1 N–H and O–H groups in total. The standard InChI is InChI=1S/C22H21ClN4O2/c23-18-8-6-16(7-9-18)10-11-24-21(28)19-15-26-12-13-27(22(29)20(26)25-19)14-17-4-2-1-3-5-17/h1-9,15H,10-14H2,(H,24,28). The summed E-state index contributed by atoms with van der Waals surface area (Å²) in [5.41, 5.74) is 2.43. The number of benzene rings is 2. The van der Waals surface area contributed by atoms with Crippen molar-refractivity contribution >= 4 is 23.4 Å². The Morgan fingerprint density at radius 1 is 1.03 bits per heavy atom. The number of carbonyl (C=O) groups is 2. The number of fused-ring (bicyclic) bond motifs is 1. The molecule has 0 aliphatic carbocycles. The van der Waals surface area contributed by atoms with Crippen molar-refractivity contribution in [2.75, 3.05) is 13.1 Å². The minimum absolute atomic E-state index is 0.152. The van der Waals surface area contributed by atoms with E-state index in [0.29, 0.717) is 43.4 Å². The maximum atomic E-state index is 12.8. The molecule has 0 saturated heterocycles. The van der Waals surface area contributed by atoms with Crippen LogP contribution in [0.4, 0.5) is 0 Å². The summed E-state index contributed by atoms with van der Waals surface area (Å²) in [6.45, 7) is 2.24. The highest BCUT2D eigenvalue weighted by atomic mass is 35.5. The Hall–Kier alpha value is -3.12. The number of nitrogens with zero attached hydrogens (tertiary/aromatic N) is 3. The van der Waals surface area contributed by atoms with Gasteiger partial charge in [0.1, 0.15) is 5.69 Å². The average Bonchev–Trinajstić information content (AvgIpc) is 3.18. The van der Waals surface area contributed by atoms with Gasteiger partial charge in [-0.1, -0.05) is 54.1 Å². The van der Waals surface area contributed by atoms with Gasteiger partial charge in [0.25, 0.3) is 11.8 Å². The van der Waals surface area contributed by atoms with Gasteiger partial charge in [-0.05, 0) is 29.7 Å². The van der Waals surface area contributed by atoms with E-state index in [1.807, 2.05) is 54.6 Å². The van der Waals surface area contributed by atoms with E-state index >= 15 is 0 Å². The number of amides is 2. The van der Waals surface area contributed by atoms with Crippen molar-refractivity contribution in [1.29, 1.82) is 0 Å². The Kier molecular flexibility index (Phi) is 5.62. The zero-order valence-electron chi connectivity index (χ0n) is 15.8. The Bertz CT molecular complexity index is 1020. The predicted octanol–water partition coefficient (Wildman–Crippen LogP) is 3.17. The molecule has 2 aromatic carbocycles. The van der Waals surface area contributed by atoms with Gasteiger partial charge in [0, 0.05) is 37.4 Å². The molecule has 29 heavy (non-hydrogen) atoms. The molecule has 0 fully saturated rings. The second-order valence-electron chi connectivity index (χ2n) is 6.99. The Morgan fingerprint density at radius 3 is 2.55 bits per heavy atom. The summed E-state index contributed by atoms with van der Waals surface area (Å²) < 4.78 is 1.76. The van der Waals surface area contributed by atoms with E-state index in [0.717, 1.165) is 11.1 Å². The van der Waals surface area contributed by atoms with Gasteiger partial charge in [-0.3, -0.25) is 9.59 Å². The molecule has 6 nitrogen and oxygen atoms in total. The van der Waals surface area contributed by atoms with Gasteiger partial charge in [0.05, 0.1) is 0 Å². The van der Waals surface area contributed by atoms with Crippen LogP contribution in [0.15, 0.2) is 60.8 Å². The van der Waals surface area contributed by atoms with E-state index < -0.39 is 0 Å². The van der Waals surface area contributed by atoms with Crippen LogP contribution in [0.5, 0.6) is 0 Å². The van der Waals surface area contributed by atoms with Crippen LogP contribution in [0, 0.1) is 0 Å². The molecule has 1 aliphatic rings. The van der Waals surface area contributed by atoms with Crippen LogP contribution in [0.2, 0.25) is 5.02 Å². The molecule has 0 unspecified atom stereocenters. The fourth-order valence-electron chi connectivity index (χ4n) is 3.35. The lowest BCUT2D eigenvalue weighted by atomic mass is 10.1. The molecule has 0 radical (unpaired) electrons. The normalized spacial score (nSPS) is 13.3. The first-order valence-electron chi connectivity index (χ1n) is 9.53. The number of rotatable bonds is 6. The quantitative estimate of drug-likeness (QED) is 0.681. The maximum absolute atomic E-state index is 12.8. The minimum atomic E-state index is -0.275. The van der Waals surface area contributed by atoms with Gasteiger partial charge >= 0.3 is 0 Å². The van der Waals surface area contributed by atoms with Crippen LogP contribution in [0.25, 0.3) is 0 Å². The third kappa shape index (κ3) is 4.49. The number of carbonyl (C=O) groups excluding carboxylic acids is 2. The predicted molar refractivity (Wildman–Crippen MR) is 111 cm³/mol. The molecule has 3 aromatic rings. The highest BCUT2D eigenvalue weighted by Crippen LogP contribution is 2.16. The minimum Gasteiger partial charge on any atom is -0.350 e. The number of aromatic nitrogens is 2. The fourth-order valence-corrected chi connectivity index (χ4v) is 3.48. The van der Waals surface area contributed by atoms with E-state index in [9.17, 15) is 9.59 Å². The van der Waals surface area contributed by atoms with Crippen molar-refractivity contribution in [1.82, 2.24) is 19.8 Å². The second-order valence-corrected chi connectivity index (χ2v) is 7.42. The van der Waals surface area contributed by atoms with Crippen LogP contribution in [-0.2, 0) is 19.5 Å². The second kappa shape index (κ2) is 8.49. The third-order valence-electron chi connectivity index (χ3n) is 4.93. The van der Waals surface area contributed by atoms with Gasteiger partial charge in [0.15, 0.2) is 5.82 Å². The molecular formula is C22H21ClN4O2. The molecule has 1 aliphatic heterocycles. The third-order valence-corrected chi connectivity index (χ3v) is 5.18. The monoisotopic (exact) mass is 408 g/mol. The van der Waals surface area contributed by atoms with Crippen molar-refractivity contribution in [3.8, 4) is 0 Å². The Balaban J connectivity index is 1.37. The molecule has 0 atom stereocenters. The molecule has 2 heterocycles. The lowest BCUT2D eigenvalue weighted by molar-refractivity contribution is 0.0683. The van der Waals surface area contributed by atoms with Crippen LogP contribution < -0.4 is 5.32 Å². The molecule has 0 saturated carbocycles. The van der Waals surface area contributed by atoms with E-state index in [1.54, 1.807) is 15.7 Å². The summed E-state index contributed by atoms with van der Waals surface area (Å²) in [6.07, 6.45) is 2.35. The van der Waals surface area contributed by atoms with Crippen LogP contribution in [0.1, 0.15) is 32.2 Å². The number of nitrogens with one attached hydrogen (secondary N) is 1. The first kappa shape index (κ1) is 19.2. The summed E-state index contributed by atoms with van der Waals surface area (Å²) in [5, 5.41) is 3.55. The zero-order valence-corrected chi connectivity index (χ0v) is 16.6. The van der Waals surface area contributed by atoms with Gasteiger partial charge < -0.3 is 14.8 Å². The molecular weight excluding hydrogens is 388 g/mol. The lowest BCUT2D eigenvalue weighted by Gasteiger charge is -2.27. The Labute approximate surface area is 174 Å². The SMILES string of the molecule is O=C(NCCc1ccc(Cl)cc1)c1cn2c(n1)C(=O)N(Cc1ccccc1)CC2. The molecule has 148 valence electrons. The zero-order chi connectivity index (χ0) is 20.2. The summed E-state index contributed by atoms with van der Waals surface area (Å²) in [4.78, 5) is 31.3. The molecule has 0 spiro atoms. The molecule has 4 rings (SSSR count). The summed E-state index contributed by atoms with van der Waals surface area (Å²) in [5.74, 6) is -0.112. The lowest BCUT2D eigenvalue weighted by Crippen LogP contribution is -2.39. The highest BCUT2D eigenvalue weighted by Gasteiger charge is 2.28. The number of imidazole rings is 1. The first-order valence-corrected chi connectivity index (χ1v) is 9.91. The molecule has 2 amide bonds. The van der Waals surface area contributed by atoms with E-state index in [1.165, 1.54) is 0 Å². The van der Waals surface area contributed by atoms with Crippen molar-refractivity contribution in [2.45, 2.75) is 19.5 Å². The van der Waals surface area contributed by atoms with Crippen LogP contribution in [0.3, 0.4) is 0 Å². The summed E-state index contributed by atoms with van der Waals surface area (Å²) >= 11 is 5.88. The van der Waals surface area contributed by atoms with Crippen molar-refractivity contribution < 1.29 is 9.59 Å². The van der Waals surface area contributed by atoms with E-state index in [4.69, 9.17) is 11.6 Å². The van der Waals surface area contributed by atoms with E-state index in [2.05, 4.69) is 10.3 Å². The van der Waals surface area contributed by atoms with Gasteiger partial charge in [-0.2, -0.15) is 0 Å². The molecule has 1 aromatic heterocycles. The van der Waals surface area contributed by atoms with Gasteiger partial charge in [-0.15, -0.1) is 0 Å². The number of hydrogen-bond donors (Lipinski definition) is 1. The fraction of sp³-hybridized carbons (Fsp3) is 0.227. The topological polar surface area (TPSA) is 67.2 Å². The van der Waals surface area contributed by atoms with Crippen LogP contribution in [-0.4, -0.2) is 39.4 Å². The van der Waals surface area contributed by atoms with Gasteiger partial charge in [0.2, 0.25) is 0 Å². The first-order chi connectivity index (χ1) is 14.1. The van der Waals surface area contributed by atoms with Crippen molar-refractivity contribution in [2.24, 2.45) is 0 Å². The van der Waals surface area contributed by atoms with E-state index in [-0.39, 0.29) is 17.5 Å². The molecule has 7 heteroatoms. The Morgan fingerprint density at radius 2 is 1.79 bits per heavy atom.